The van der Waals surface area contributed by atoms with Crippen molar-refractivity contribution in [1.29, 1.82) is 0 Å². The van der Waals surface area contributed by atoms with Gasteiger partial charge in [0.05, 0.1) is 19.7 Å². The van der Waals surface area contributed by atoms with Crippen molar-refractivity contribution in [1.82, 2.24) is 15.5 Å². The van der Waals surface area contributed by atoms with Crippen molar-refractivity contribution in [2.45, 2.75) is 38.1 Å². The van der Waals surface area contributed by atoms with E-state index in [1.54, 1.807) is 7.11 Å². The molecular weight excluding hydrogens is 314 g/mol. The van der Waals surface area contributed by atoms with Crippen LogP contribution in [-0.4, -0.2) is 50.6 Å². The molecule has 1 aliphatic heterocycles. The van der Waals surface area contributed by atoms with Crippen molar-refractivity contribution < 1.29 is 9.53 Å². The zero-order valence-corrected chi connectivity index (χ0v) is 15.3. The van der Waals surface area contributed by atoms with Gasteiger partial charge in [-0.2, -0.15) is 0 Å². The van der Waals surface area contributed by atoms with Gasteiger partial charge in [-0.1, -0.05) is 24.6 Å². The van der Waals surface area contributed by atoms with Crippen LogP contribution in [0.5, 0.6) is 5.75 Å². The Hall–Kier alpha value is -1.59. The largest absolute Gasteiger partial charge is 0.496 e. The predicted molar refractivity (Wildman–Crippen MR) is 99.8 cm³/mol. The van der Waals surface area contributed by atoms with Crippen LogP contribution in [0.1, 0.15) is 43.7 Å². The summed E-state index contributed by atoms with van der Waals surface area (Å²) in [6.07, 6.45) is 6.36. The maximum Gasteiger partial charge on any atom is 0.234 e. The zero-order chi connectivity index (χ0) is 17.5. The highest BCUT2D eigenvalue weighted by atomic mass is 16.5. The number of methoxy groups -OCH3 is 1. The topological polar surface area (TPSA) is 53.6 Å². The minimum atomic E-state index is 0.0811. The molecule has 0 spiro atoms. The minimum absolute atomic E-state index is 0.0811. The highest BCUT2D eigenvalue weighted by Crippen LogP contribution is 2.31. The molecule has 1 amide bonds. The zero-order valence-electron chi connectivity index (χ0n) is 15.3. The van der Waals surface area contributed by atoms with E-state index in [0.29, 0.717) is 13.1 Å². The van der Waals surface area contributed by atoms with Gasteiger partial charge in [0.15, 0.2) is 0 Å². The van der Waals surface area contributed by atoms with Gasteiger partial charge in [0, 0.05) is 12.1 Å². The molecule has 1 aromatic rings. The molecule has 25 heavy (non-hydrogen) atoms. The molecule has 0 bridgehead atoms. The summed E-state index contributed by atoms with van der Waals surface area (Å²) >= 11 is 0. The average molecular weight is 345 g/mol. The number of nitrogens with zero attached hydrogens (tertiary/aromatic N) is 1. The van der Waals surface area contributed by atoms with E-state index >= 15 is 0 Å². The fourth-order valence-electron chi connectivity index (χ4n) is 3.59. The van der Waals surface area contributed by atoms with Crippen molar-refractivity contribution in [2.75, 3.05) is 39.8 Å². The number of amides is 1. The van der Waals surface area contributed by atoms with Crippen LogP contribution in [0.25, 0.3) is 0 Å². The van der Waals surface area contributed by atoms with Crippen LogP contribution in [0.3, 0.4) is 0 Å². The van der Waals surface area contributed by atoms with Crippen LogP contribution in [0.4, 0.5) is 0 Å². The Morgan fingerprint density at radius 2 is 2.00 bits per heavy atom. The highest BCUT2D eigenvalue weighted by Gasteiger charge is 2.25. The molecule has 2 N–H and O–H groups in total. The Labute approximate surface area is 151 Å². The lowest BCUT2D eigenvalue weighted by molar-refractivity contribution is -0.120. The second kappa shape index (κ2) is 9.20. The average Bonchev–Trinajstić information content (AvgIpc) is 3.47. The van der Waals surface area contributed by atoms with E-state index in [1.165, 1.54) is 32.1 Å². The summed E-state index contributed by atoms with van der Waals surface area (Å²) < 4.78 is 5.57. The summed E-state index contributed by atoms with van der Waals surface area (Å²) in [7, 11) is 1.71. The number of ether oxygens (including phenoxy) is 1. The number of hydrogen-bond acceptors (Lipinski definition) is 4. The summed E-state index contributed by atoms with van der Waals surface area (Å²) in [5.74, 6) is 1.78. The SMILES string of the molecule is COc1ccccc1C(CNC(=O)CNCC1CC1)N1CCCCC1. The van der Waals surface area contributed by atoms with E-state index in [9.17, 15) is 4.79 Å². The molecule has 1 saturated heterocycles. The van der Waals surface area contributed by atoms with E-state index in [2.05, 4.69) is 21.6 Å². The molecule has 138 valence electrons. The van der Waals surface area contributed by atoms with Gasteiger partial charge >= 0.3 is 0 Å². The first kappa shape index (κ1) is 18.2. The molecule has 5 nitrogen and oxygen atoms in total. The number of carbonyl (C=O) groups is 1. The Bertz CT molecular complexity index is 554. The Balaban J connectivity index is 1.60. The number of carbonyl (C=O) groups excluding carboxylic acids is 1. The second-order valence-corrected chi connectivity index (χ2v) is 7.23. The first-order valence-corrected chi connectivity index (χ1v) is 9.62. The third-order valence-corrected chi connectivity index (χ3v) is 5.24. The lowest BCUT2D eigenvalue weighted by Crippen LogP contribution is -2.43. The first-order chi connectivity index (χ1) is 12.3. The van der Waals surface area contributed by atoms with Crippen LogP contribution < -0.4 is 15.4 Å². The summed E-state index contributed by atoms with van der Waals surface area (Å²) in [5.41, 5.74) is 1.16. The Morgan fingerprint density at radius 3 is 2.72 bits per heavy atom. The lowest BCUT2D eigenvalue weighted by atomic mass is 10.0. The third-order valence-electron chi connectivity index (χ3n) is 5.24. The Kier molecular flexibility index (Phi) is 6.70. The highest BCUT2D eigenvalue weighted by molar-refractivity contribution is 5.78. The van der Waals surface area contributed by atoms with Crippen molar-refractivity contribution >= 4 is 5.91 Å². The maximum atomic E-state index is 12.2. The van der Waals surface area contributed by atoms with Gasteiger partial charge in [0.1, 0.15) is 5.75 Å². The van der Waals surface area contributed by atoms with Crippen LogP contribution in [0.15, 0.2) is 24.3 Å². The molecule has 5 heteroatoms. The number of nitrogens with one attached hydrogen (secondary N) is 2. The summed E-state index contributed by atoms with van der Waals surface area (Å²) in [4.78, 5) is 14.7. The molecule has 1 heterocycles. The van der Waals surface area contributed by atoms with Crippen LogP contribution in [-0.2, 0) is 4.79 Å². The molecule has 3 rings (SSSR count). The van der Waals surface area contributed by atoms with E-state index in [0.717, 1.165) is 36.9 Å². The lowest BCUT2D eigenvalue weighted by Gasteiger charge is -2.35. The summed E-state index contributed by atoms with van der Waals surface area (Å²) in [6.45, 7) is 4.17. The smallest absolute Gasteiger partial charge is 0.234 e. The molecule has 1 aromatic carbocycles. The number of likely N-dealkylation sites (tertiary alicyclic amines) is 1. The van der Waals surface area contributed by atoms with Crippen LogP contribution in [0, 0.1) is 5.92 Å². The van der Waals surface area contributed by atoms with Gasteiger partial charge in [-0.05, 0) is 57.3 Å². The Morgan fingerprint density at radius 1 is 1.24 bits per heavy atom. The van der Waals surface area contributed by atoms with Gasteiger partial charge < -0.3 is 15.4 Å². The molecule has 2 aliphatic rings. The third kappa shape index (κ3) is 5.44. The molecular formula is C20H31N3O2. The van der Waals surface area contributed by atoms with E-state index < -0.39 is 0 Å². The molecule has 2 fully saturated rings. The van der Waals surface area contributed by atoms with Crippen LogP contribution in [0.2, 0.25) is 0 Å². The van der Waals surface area contributed by atoms with E-state index in [4.69, 9.17) is 4.74 Å². The quantitative estimate of drug-likeness (QED) is 0.721. The van der Waals surface area contributed by atoms with Gasteiger partial charge in [-0.3, -0.25) is 9.69 Å². The standard InChI is InChI=1S/C20H31N3O2/c1-25-19-8-4-3-7-17(19)18(23-11-5-2-6-12-23)14-22-20(24)15-21-13-16-9-10-16/h3-4,7-8,16,18,21H,2,5-6,9-15H2,1H3,(H,22,24). The van der Waals surface area contributed by atoms with E-state index in [1.807, 2.05) is 18.2 Å². The number of hydrogen-bond donors (Lipinski definition) is 2. The number of piperidine rings is 1. The van der Waals surface area contributed by atoms with Crippen molar-refractivity contribution in [3.63, 3.8) is 0 Å². The summed E-state index contributed by atoms with van der Waals surface area (Å²) in [5, 5.41) is 6.39. The van der Waals surface area contributed by atoms with E-state index in [-0.39, 0.29) is 11.9 Å². The van der Waals surface area contributed by atoms with Gasteiger partial charge in [0.2, 0.25) is 5.91 Å². The van der Waals surface area contributed by atoms with Crippen molar-refractivity contribution in [2.24, 2.45) is 5.92 Å². The fourth-order valence-corrected chi connectivity index (χ4v) is 3.59. The molecule has 1 saturated carbocycles. The molecule has 1 atom stereocenters. The predicted octanol–water partition coefficient (Wildman–Crippen LogP) is 2.34. The van der Waals surface area contributed by atoms with Crippen molar-refractivity contribution in [3.8, 4) is 5.75 Å². The summed E-state index contributed by atoms with van der Waals surface area (Å²) in [6, 6.07) is 8.34. The number of benzene rings is 1. The van der Waals surface area contributed by atoms with Gasteiger partial charge in [-0.25, -0.2) is 0 Å². The molecule has 0 aromatic heterocycles. The fraction of sp³-hybridized carbons (Fsp3) is 0.650. The van der Waals surface area contributed by atoms with Gasteiger partial charge in [0.25, 0.3) is 0 Å². The minimum Gasteiger partial charge on any atom is -0.496 e. The molecule has 1 unspecified atom stereocenters. The number of para-hydroxylation sites is 1. The van der Waals surface area contributed by atoms with Crippen molar-refractivity contribution in [3.05, 3.63) is 29.8 Å². The van der Waals surface area contributed by atoms with Gasteiger partial charge in [-0.15, -0.1) is 0 Å². The molecule has 0 radical (unpaired) electrons. The van der Waals surface area contributed by atoms with Crippen LogP contribution >= 0.6 is 0 Å². The second-order valence-electron chi connectivity index (χ2n) is 7.23. The monoisotopic (exact) mass is 345 g/mol. The normalized spacial score (nSPS) is 19.4. The number of rotatable bonds is 9. The first-order valence-electron chi connectivity index (χ1n) is 9.62. The molecule has 1 aliphatic carbocycles. The maximum absolute atomic E-state index is 12.2.